The number of halogens is 3. The summed E-state index contributed by atoms with van der Waals surface area (Å²) in [5, 5.41) is 3.98. The number of aromatic nitrogens is 4. The predicted molar refractivity (Wildman–Crippen MR) is 72.6 cm³/mol. The van der Waals surface area contributed by atoms with Gasteiger partial charge < -0.3 is 9.64 Å². The third kappa shape index (κ3) is 2.85. The van der Waals surface area contributed by atoms with Gasteiger partial charge >= 0.3 is 6.18 Å². The Morgan fingerprint density at radius 1 is 1.32 bits per heavy atom. The van der Waals surface area contributed by atoms with E-state index in [1.165, 1.54) is 10.8 Å². The van der Waals surface area contributed by atoms with Crippen LogP contribution in [0, 0.1) is 0 Å². The topological polar surface area (TPSA) is 55.5 Å². The van der Waals surface area contributed by atoms with Crippen molar-refractivity contribution >= 4 is 11.6 Å². The lowest BCUT2D eigenvalue weighted by molar-refractivity contribution is -0.141. The summed E-state index contributed by atoms with van der Waals surface area (Å²) in [6.07, 6.45) is -1.59. The van der Waals surface area contributed by atoms with Crippen molar-refractivity contribution in [3.05, 3.63) is 18.1 Å². The van der Waals surface area contributed by atoms with Crippen LogP contribution in [0.5, 0.6) is 0 Å². The lowest BCUT2D eigenvalue weighted by Crippen LogP contribution is -2.38. The van der Waals surface area contributed by atoms with Crippen LogP contribution >= 0.6 is 0 Å². The average molecular weight is 315 g/mol. The first-order valence-corrected chi connectivity index (χ1v) is 7.13. The van der Waals surface area contributed by atoms with E-state index in [4.69, 9.17) is 4.74 Å². The molecule has 2 aromatic rings. The van der Waals surface area contributed by atoms with Crippen LogP contribution in [-0.4, -0.2) is 45.4 Å². The third-order valence-electron chi connectivity index (χ3n) is 3.69. The van der Waals surface area contributed by atoms with Crippen molar-refractivity contribution in [1.82, 2.24) is 19.6 Å². The molecule has 0 unspecified atom stereocenters. The van der Waals surface area contributed by atoms with Crippen LogP contribution in [0.1, 0.15) is 25.5 Å². The smallest absolute Gasteiger partial charge is 0.378 e. The first-order valence-electron chi connectivity index (χ1n) is 7.13. The molecule has 1 saturated heterocycles. The summed E-state index contributed by atoms with van der Waals surface area (Å²) in [6.45, 7) is 3.80. The second-order valence-electron chi connectivity index (χ2n) is 5.11. The van der Waals surface area contributed by atoms with Crippen molar-refractivity contribution in [2.45, 2.75) is 32.0 Å². The minimum atomic E-state index is -4.51. The first-order chi connectivity index (χ1) is 10.5. The molecule has 1 aliphatic heterocycles. The van der Waals surface area contributed by atoms with Gasteiger partial charge in [0.05, 0.1) is 6.10 Å². The van der Waals surface area contributed by atoms with Gasteiger partial charge in [-0.3, -0.25) is 0 Å². The lowest BCUT2D eigenvalue weighted by Gasteiger charge is -2.33. The molecule has 2 aromatic heterocycles. The fraction of sp³-hybridized carbons (Fsp3) is 0.615. The van der Waals surface area contributed by atoms with Gasteiger partial charge in [0.15, 0.2) is 5.69 Å². The Bertz CT molecular complexity index is 649. The molecule has 9 heteroatoms. The maximum Gasteiger partial charge on any atom is 0.433 e. The van der Waals surface area contributed by atoms with Crippen LogP contribution in [0.2, 0.25) is 0 Å². The van der Waals surface area contributed by atoms with E-state index in [2.05, 4.69) is 15.1 Å². The lowest BCUT2D eigenvalue weighted by atomic mass is 10.1. The molecule has 1 aliphatic rings. The van der Waals surface area contributed by atoms with Gasteiger partial charge in [0.1, 0.15) is 12.1 Å². The molecule has 22 heavy (non-hydrogen) atoms. The van der Waals surface area contributed by atoms with E-state index < -0.39 is 11.9 Å². The summed E-state index contributed by atoms with van der Waals surface area (Å²) in [5.74, 6) is 0.321. The number of nitrogens with zero attached hydrogens (tertiary/aromatic N) is 5. The van der Waals surface area contributed by atoms with Gasteiger partial charge in [-0.15, -0.1) is 0 Å². The Balaban J connectivity index is 1.91. The molecule has 0 aliphatic carbocycles. The Labute approximate surface area is 124 Å². The SMILES string of the molecule is CCOC1CCN(c2cc(C(F)(F)F)nc3ncnn23)CC1. The van der Waals surface area contributed by atoms with Gasteiger partial charge in [0.25, 0.3) is 5.78 Å². The maximum atomic E-state index is 13.0. The highest BCUT2D eigenvalue weighted by atomic mass is 19.4. The molecule has 120 valence electrons. The van der Waals surface area contributed by atoms with E-state index in [9.17, 15) is 13.2 Å². The van der Waals surface area contributed by atoms with E-state index in [0.29, 0.717) is 25.5 Å². The Kier molecular flexibility index (Phi) is 3.90. The molecule has 0 aromatic carbocycles. The summed E-state index contributed by atoms with van der Waals surface area (Å²) < 4.78 is 45.8. The molecule has 0 bridgehead atoms. The molecule has 0 radical (unpaired) electrons. The van der Waals surface area contributed by atoms with Gasteiger partial charge in [0.2, 0.25) is 0 Å². The zero-order chi connectivity index (χ0) is 15.7. The molecule has 6 nitrogen and oxygen atoms in total. The monoisotopic (exact) mass is 315 g/mol. The number of alkyl halides is 3. The van der Waals surface area contributed by atoms with Crippen molar-refractivity contribution in [3.8, 4) is 0 Å². The zero-order valence-corrected chi connectivity index (χ0v) is 12.0. The number of anilines is 1. The highest BCUT2D eigenvalue weighted by molar-refractivity contribution is 5.48. The normalized spacial score (nSPS) is 17.4. The van der Waals surface area contributed by atoms with Crippen molar-refractivity contribution < 1.29 is 17.9 Å². The summed E-state index contributed by atoms with van der Waals surface area (Å²) in [5.41, 5.74) is -0.949. The van der Waals surface area contributed by atoms with Gasteiger partial charge in [-0.2, -0.15) is 27.8 Å². The van der Waals surface area contributed by atoms with Crippen molar-refractivity contribution in [2.24, 2.45) is 0 Å². The number of ether oxygens (including phenoxy) is 1. The minimum Gasteiger partial charge on any atom is -0.378 e. The highest BCUT2D eigenvalue weighted by Gasteiger charge is 2.35. The first kappa shape index (κ1) is 15.0. The van der Waals surface area contributed by atoms with E-state index in [-0.39, 0.29) is 11.9 Å². The Hall–Kier alpha value is -1.90. The summed E-state index contributed by atoms with van der Waals surface area (Å²) in [7, 11) is 0. The van der Waals surface area contributed by atoms with Crippen LogP contribution in [0.25, 0.3) is 5.78 Å². The van der Waals surface area contributed by atoms with Gasteiger partial charge in [0, 0.05) is 25.8 Å². The average Bonchev–Trinajstić information content (AvgIpc) is 2.95. The predicted octanol–water partition coefficient (Wildman–Crippen LogP) is 2.15. The number of hydrogen-bond acceptors (Lipinski definition) is 5. The standard InChI is InChI=1S/C13H16F3N5O/c1-2-22-9-3-5-20(6-4-9)11-7-10(13(14,15)16)19-12-17-8-18-21(11)12/h7-9H,2-6H2,1H3. The van der Waals surface area contributed by atoms with Gasteiger partial charge in [-0.1, -0.05) is 0 Å². The molecule has 3 rings (SSSR count). The number of rotatable bonds is 3. The number of hydrogen-bond donors (Lipinski definition) is 0. The molecular formula is C13H16F3N5O. The molecule has 0 atom stereocenters. The quantitative estimate of drug-likeness (QED) is 0.869. The zero-order valence-electron chi connectivity index (χ0n) is 12.0. The third-order valence-corrected chi connectivity index (χ3v) is 3.69. The van der Waals surface area contributed by atoms with E-state index in [1.807, 2.05) is 11.8 Å². The molecular weight excluding hydrogens is 299 g/mol. The summed E-state index contributed by atoms with van der Waals surface area (Å²) in [4.78, 5) is 9.17. The fourth-order valence-electron chi connectivity index (χ4n) is 2.65. The van der Waals surface area contributed by atoms with Gasteiger partial charge in [-0.05, 0) is 19.8 Å². The fourth-order valence-corrected chi connectivity index (χ4v) is 2.65. The van der Waals surface area contributed by atoms with Crippen molar-refractivity contribution in [1.29, 1.82) is 0 Å². The highest BCUT2D eigenvalue weighted by Crippen LogP contribution is 2.31. The van der Waals surface area contributed by atoms with Crippen molar-refractivity contribution in [3.63, 3.8) is 0 Å². The van der Waals surface area contributed by atoms with Crippen LogP contribution in [0.15, 0.2) is 12.4 Å². The maximum absolute atomic E-state index is 13.0. The van der Waals surface area contributed by atoms with Gasteiger partial charge in [-0.25, -0.2) is 4.98 Å². The largest absolute Gasteiger partial charge is 0.433 e. The van der Waals surface area contributed by atoms with Crippen LogP contribution in [0.4, 0.5) is 19.0 Å². The van der Waals surface area contributed by atoms with Crippen LogP contribution in [0.3, 0.4) is 0 Å². The van der Waals surface area contributed by atoms with Crippen molar-refractivity contribution in [2.75, 3.05) is 24.6 Å². The minimum absolute atomic E-state index is 0.0447. The van der Waals surface area contributed by atoms with E-state index >= 15 is 0 Å². The van der Waals surface area contributed by atoms with Crippen LogP contribution in [-0.2, 0) is 10.9 Å². The molecule has 1 fully saturated rings. The molecule has 0 saturated carbocycles. The van der Waals surface area contributed by atoms with Crippen LogP contribution < -0.4 is 4.90 Å². The summed E-state index contributed by atoms with van der Waals surface area (Å²) >= 11 is 0. The van der Waals surface area contributed by atoms with E-state index in [1.54, 1.807) is 0 Å². The summed E-state index contributed by atoms with van der Waals surface area (Å²) in [6, 6.07) is 1.03. The molecule has 0 spiro atoms. The van der Waals surface area contributed by atoms with E-state index in [0.717, 1.165) is 18.9 Å². The number of fused-ring (bicyclic) bond motifs is 1. The molecule has 0 amide bonds. The molecule has 3 heterocycles. The second kappa shape index (κ2) is 5.71. The Morgan fingerprint density at radius 3 is 2.68 bits per heavy atom. The number of piperidine rings is 1. The molecule has 0 N–H and O–H groups in total. The second-order valence-corrected chi connectivity index (χ2v) is 5.11. The Morgan fingerprint density at radius 2 is 2.05 bits per heavy atom.